The molecule has 0 heterocycles. The Morgan fingerprint density at radius 2 is 1.77 bits per heavy atom. The van der Waals surface area contributed by atoms with Crippen LogP contribution in [0.2, 0.25) is 0 Å². The van der Waals surface area contributed by atoms with Crippen LogP contribution in [0.4, 0.5) is 0 Å². The highest BCUT2D eigenvalue weighted by atomic mass is 32.2. The molecule has 1 N–H and O–H groups in total. The number of thiocarbonyl (C=S) groups is 1. The van der Waals surface area contributed by atoms with Crippen LogP contribution in [0.1, 0.15) is 60.8 Å². The third kappa shape index (κ3) is 10.5. The van der Waals surface area contributed by atoms with Crippen LogP contribution in [0.15, 0.2) is 0 Å². The van der Waals surface area contributed by atoms with Crippen LogP contribution in [-0.2, 0) is 4.79 Å². The Kier molecular flexibility index (Phi) is 8.46. The number of carbonyl (C=O) groups is 1. The van der Waals surface area contributed by atoms with Crippen LogP contribution in [0.5, 0.6) is 0 Å². The lowest BCUT2D eigenvalue weighted by Gasteiger charge is -2.32. The highest BCUT2D eigenvalue weighted by molar-refractivity contribution is 8.47. The van der Waals surface area contributed by atoms with E-state index in [1.165, 1.54) is 11.8 Å². The number of nitrogens with zero attached hydrogens (tertiary/aromatic N) is 1. The second-order valence-electron chi connectivity index (χ2n) is 7.78. The summed E-state index contributed by atoms with van der Waals surface area (Å²) in [6.07, 6.45) is 1.38. The van der Waals surface area contributed by atoms with Crippen LogP contribution in [-0.4, -0.2) is 25.1 Å². The third-order valence-corrected chi connectivity index (χ3v) is 6.23. The molecule has 0 amide bonds. The largest absolute Gasteiger partial charge is 0.481 e. The number of rotatable bonds is 7. The lowest BCUT2D eigenvalue weighted by molar-refractivity contribution is -0.137. The molecular weight excluding hydrogens is 334 g/mol. The summed E-state index contributed by atoms with van der Waals surface area (Å²) in [6.45, 7) is 12.9. The fourth-order valence-electron chi connectivity index (χ4n) is 2.43. The fraction of sp³-hybridized carbons (Fsp3) is 0.812. The molecule has 126 valence electrons. The first-order valence-electron chi connectivity index (χ1n) is 7.27. The molecule has 22 heavy (non-hydrogen) atoms. The van der Waals surface area contributed by atoms with E-state index in [2.05, 4.69) is 40.7 Å². The van der Waals surface area contributed by atoms with Gasteiger partial charge in [-0.05, 0) is 30.6 Å². The monoisotopic (exact) mass is 361 g/mol. The van der Waals surface area contributed by atoms with Crippen LogP contribution in [0.25, 0.3) is 0 Å². The van der Waals surface area contributed by atoms with Crippen molar-refractivity contribution in [2.45, 2.75) is 65.6 Å². The van der Waals surface area contributed by atoms with Crippen molar-refractivity contribution in [1.29, 1.82) is 5.26 Å². The molecule has 3 nitrogen and oxygen atoms in total. The fourth-order valence-corrected chi connectivity index (χ4v) is 5.35. The van der Waals surface area contributed by atoms with E-state index in [-0.39, 0.29) is 17.3 Å². The molecule has 0 spiro atoms. The van der Waals surface area contributed by atoms with E-state index in [1.807, 2.05) is 0 Å². The van der Waals surface area contributed by atoms with Gasteiger partial charge in [-0.2, -0.15) is 5.26 Å². The second kappa shape index (κ2) is 8.56. The standard InChI is InChI=1S/C16H27NO2S3/c1-14(2,3)9-15(4,5)11-21-13(20)22-16(6,10-17)8-7-12(18)19/h7-9,11H2,1-6H3,(H,18,19). The van der Waals surface area contributed by atoms with E-state index in [1.54, 1.807) is 18.7 Å². The van der Waals surface area contributed by atoms with Crippen molar-refractivity contribution < 1.29 is 9.90 Å². The molecule has 0 aromatic rings. The van der Waals surface area contributed by atoms with Gasteiger partial charge in [0.05, 0.1) is 6.07 Å². The van der Waals surface area contributed by atoms with E-state index < -0.39 is 10.7 Å². The molecule has 1 atom stereocenters. The van der Waals surface area contributed by atoms with Gasteiger partial charge in [0.1, 0.15) is 8.28 Å². The summed E-state index contributed by atoms with van der Waals surface area (Å²) in [5.41, 5.74) is 0.430. The molecule has 0 aromatic heterocycles. The van der Waals surface area contributed by atoms with Gasteiger partial charge in [0, 0.05) is 12.2 Å². The zero-order valence-electron chi connectivity index (χ0n) is 14.4. The predicted molar refractivity (Wildman–Crippen MR) is 101 cm³/mol. The van der Waals surface area contributed by atoms with Crippen LogP contribution >= 0.6 is 35.7 Å². The van der Waals surface area contributed by atoms with Crippen LogP contribution in [0.3, 0.4) is 0 Å². The molecule has 0 aromatic carbocycles. The van der Waals surface area contributed by atoms with Crippen molar-refractivity contribution in [3.63, 3.8) is 0 Å². The molecule has 1 unspecified atom stereocenters. The highest BCUT2D eigenvalue weighted by Gasteiger charge is 2.30. The van der Waals surface area contributed by atoms with Crippen molar-refractivity contribution in [1.82, 2.24) is 0 Å². The summed E-state index contributed by atoms with van der Waals surface area (Å²) in [6, 6.07) is 2.20. The number of hydrogen-bond acceptors (Lipinski definition) is 5. The summed E-state index contributed by atoms with van der Waals surface area (Å²) < 4.78 is -0.0483. The quantitative estimate of drug-likeness (QED) is 0.617. The lowest BCUT2D eigenvalue weighted by atomic mass is 9.77. The van der Waals surface area contributed by atoms with Gasteiger partial charge in [0.2, 0.25) is 0 Å². The average molecular weight is 362 g/mol. The maximum atomic E-state index is 10.7. The van der Waals surface area contributed by atoms with Crippen LogP contribution in [0, 0.1) is 22.2 Å². The molecule has 6 heteroatoms. The van der Waals surface area contributed by atoms with E-state index in [0.29, 0.717) is 6.42 Å². The Bertz CT molecular complexity index is 449. The van der Waals surface area contributed by atoms with Gasteiger partial charge in [-0.3, -0.25) is 4.79 Å². The molecule has 0 fully saturated rings. The van der Waals surface area contributed by atoms with Gasteiger partial charge < -0.3 is 5.11 Å². The number of carboxylic acids is 1. The van der Waals surface area contributed by atoms with Crippen molar-refractivity contribution in [2.75, 3.05) is 5.75 Å². The first kappa shape index (κ1) is 21.8. The summed E-state index contributed by atoms with van der Waals surface area (Å²) in [7, 11) is 0. The Balaban J connectivity index is 4.49. The van der Waals surface area contributed by atoms with Gasteiger partial charge in [0.15, 0.2) is 0 Å². The number of nitriles is 1. The SMILES string of the molecule is CC(C)(C)CC(C)(C)CSC(=S)SC(C)(C#N)CCC(=O)O. The highest BCUT2D eigenvalue weighted by Crippen LogP contribution is 2.39. The Hall–Kier alpha value is -0.250. The molecule has 0 saturated heterocycles. The Morgan fingerprint density at radius 3 is 2.18 bits per heavy atom. The summed E-state index contributed by atoms with van der Waals surface area (Å²) >= 11 is 8.30. The van der Waals surface area contributed by atoms with Crippen molar-refractivity contribution in [3.8, 4) is 6.07 Å². The van der Waals surface area contributed by atoms with E-state index >= 15 is 0 Å². The minimum atomic E-state index is -0.882. The van der Waals surface area contributed by atoms with Crippen molar-refractivity contribution in [3.05, 3.63) is 0 Å². The number of hydrogen-bond donors (Lipinski definition) is 1. The zero-order valence-corrected chi connectivity index (χ0v) is 16.8. The van der Waals surface area contributed by atoms with E-state index in [9.17, 15) is 10.1 Å². The Labute approximate surface area is 148 Å². The maximum Gasteiger partial charge on any atom is 0.303 e. The molecule has 0 saturated carbocycles. The molecule has 0 aliphatic heterocycles. The van der Waals surface area contributed by atoms with Gasteiger partial charge in [-0.15, -0.1) is 11.8 Å². The smallest absolute Gasteiger partial charge is 0.303 e. The zero-order chi connectivity index (χ0) is 17.6. The second-order valence-corrected chi connectivity index (χ2v) is 11.5. The minimum absolute atomic E-state index is 0.0140. The van der Waals surface area contributed by atoms with Gasteiger partial charge in [-0.25, -0.2) is 0 Å². The minimum Gasteiger partial charge on any atom is -0.481 e. The van der Waals surface area contributed by atoms with Crippen molar-refractivity contribution >= 4 is 45.2 Å². The first-order valence-corrected chi connectivity index (χ1v) is 9.48. The normalized spacial score (nSPS) is 15.0. The topological polar surface area (TPSA) is 61.1 Å². The van der Waals surface area contributed by atoms with Gasteiger partial charge >= 0.3 is 5.97 Å². The summed E-state index contributed by atoms with van der Waals surface area (Å²) in [5, 5.41) is 18.1. The molecule has 0 rings (SSSR count). The number of carboxylic acid groups (broad SMARTS) is 1. The van der Waals surface area contributed by atoms with E-state index in [0.717, 1.165) is 15.7 Å². The molecule has 0 radical (unpaired) electrons. The molecule has 0 bridgehead atoms. The molecule has 0 aliphatic carbocycles. The molecule has 0 aliphatic rings. The van der Waals surface area contributed by atoms with Crippen molar-refractivity contribution in [2.24, 2.45) is 10.8 Å². The summed E-state index contributed by atoms with van der Waals surface area (Å²) in [4.78, 5) is 10.7. The van der Waals surface area contributed by atoms with Gasteiger partial charge in [0.25, 0.3) is 0 Å². The van der Waals surface area contributed by atoms with E-state index in [4.69, 9.17) is 17.3 Å². The average Bonchev–Trinajstić information content (AvgIpc) is 2.31. The van der Waals surface area contributed by atoms with Gasteiger partial charge in [-0.1, -0.05) is 58.6 Å². The maximum absolute atomic E-state index is 10.7. The predicted octanol–water partition coefficient (Wildman–Crippen LogP) is 5.35. The summed E-state index contributed by atoms with van der Waals surface area (Å²) in [5.74, 6) is 0.0169. The van der Waals surface area contributed by atoms with Crippen LogP contribution < -0.4 is 0 Å². The first-order chi connectivity index (χ1) is 9.79. The number of aliphatic carboxylic acids is 1. The third-order valence-electron chi connectivity index (χ3n) is 2.95. The lowest BCUT2D eigenvalue weighted by Crippen LogP contribution is -2.24. The molecular formula is C16H27NO2S3. The Morgan fingerprint density at radius 1 is 1.23 bits per heavy atom. The number of thioether (sulfide) groups is 2.